The molecule has 2 aromatic heterocycles. The number of nitrogens with zero attached hydrogens (tertiary/aromatic N) is 5. The fourth-order valence-corrected chi connectivity index (χ4v) is 4.21. The van der Waals surface area contributed by atoms with Gasteiger partial charge in [0.1, 0.15) is 18.7 Å². The zero-order chi connectivity index (χ0) is 18.1. The lowest BCUT2D eigenvalue weighted by molar-refractivity contribution is 0.0529. The van der Waals surface area contributed by atoms with Crippen LogP contribution in [0.1, 0.15) is 53.7 Å². The number of amides is 1. The Morgan fingerprint density at radius 3 is 2.69 bits per heavy atom. The second kappa shape index (κ2) is 6.83. The zero-order valence-corrected chi connectivity index (χ0v) is 15.4. The molecular weight excluding hydrogens is 334 g/mol. The van der Waals surface area contributed by atoms with Crippen LogP contribution in [0.25, 0.3) is 0 Å². The van der Waals surface area contributed by atoms with Crippen LogP contribution in [0.5, 0.6) is 0 Å². The first-order valence-corrected chi connectivity index (χ1v) is 9.21. The summed E-state index contributed by atoms with van der Waals surface area (Å²) in [7, 11) is 1.68. The Morgan fingerprint density at radius 1 is 1.23 bits per heavy atom. The highest BCUT2D eigenvalue weighted by Gasteiger charge is 2.38. The van der Waals surface area contributed by atoms with Crippen molar-refractivity contribution in [1.29, 1.82) is 0 Å². The van der Waals surface area contributed by atoms with Crippen molar-refractivity contribution < 1.29 is 13.9 Å². The van der Waals surface area contributed by atoms with Gasteiger partial charge in [-0.2, -0.15) is 0 Å². The molecule has 1 fully saturated rings. The molecule has 2 aliphatic heterocycles. The zero-order valence-electron chi connectivity index (χ0n) is 15.4. The van der Waals surface area contributed by atoms with E-state index in [1.54, 1.807) is 14.0 Å². The molecule has 4 heterocycles. The summed E-state index contributed by atoms with van der Waals surface area (Å²) in [6.45, 7) is 4.73. The second-order valence-corrected chi connectivity index (χ2v) is 7.41. The van der Waals surface area contributed by atoms with Crippen LogP contribution in [0, 0.1) is 12.3 Å². The van der Waals surface area contributed by atoms with Gasteiger partial charge in [-0.05, 0) is 31.1 Å². The summed E-state index contributed by atoms with van der Waals surface area (Å²) in [4.78, 5) is 18.6. The fourth-order valence-electron chi connectivity index (χ4n) is 4.21. The molecule has 26 heavy (non-hydrogen) atoms. The molecule has 8 heteroatoms. The second-order valence-electron chi connectivity index (χ2n) is 7.41. The van der Waals surface area contributed by atoms with Gasteiger partial charge in [-0.25, -0.2) is 4.98 Å². The van der Waals surface area contributed by atoms with Gasteiger partial charge in [-0.3, -0.25) is 4.79 Å². The van der Waals surface area contributed by atoms with Crippen molar-refractivity contribution in [2.75, 3.05) is 20.2 Å². The van der Waals surface area contributed by atoms with Gasteiger partial charge in [-0.15, -0.1) is 10.2 Å². The third-order valence-electron chi connectivity index (χ3n) is 5.87. The molecule has 0 atom stereocenters. The van der Waals surface area contributed by atoms with Gasteiger partial charge in [-0.1, -0.05) is 0 Å². The van der Waals surface area contributed by atoms with Crippen molar-refractivity contribution in [2.24, 2.45) is 5.41 Å². The van der Waals surface area contributed by atoms with Crippen LogP contribution in [0.3, 0.4) is 0 Å². The normalized spacial score (nSPS) is 19.4. The van der Waals surface area contributed by atoms with Crippen molar-refractivity contribution in [3.8, 4) is 0 Å². The number of aryl methyl sites for hydroxylation is 2. The van der Waals surface area contributed by atoms with Crippen LogP contribution < -0.4 is 0 Å². The Labute approximate surface area is 152 Å². The third kappa shape index (κ3) is 3.13. The van der Waals surface area contributed by atoms with Crippen LogP contribution in [0.4, 0.5) is 0 Å². The lowest BCUT2D eigenvalue weighted by atomic mass is 9.72. The molecule has 0 bridgehead atoms. The summed E-state index contributed by atoms with van der Waals surface area (Å²) in [6, 6.07) is 0. The number of ether oxygens (including phenoxy) is 1. The van der Waals surface area contributed by atoms with Crippen LogP contribution in [0.15, 0.2) is 10.7 Å². The maximum absolute atomic E-state index is 12.6. The molecule has 1 spiro atoms. The number of aromatic nitrogens is 4. The number of carbonyl (C=O) groups excluding carboxylic acids is 1. The standard InChI is InChI=1S/C18H25N5O3/c1-13-19-14(11-26-13)17(24)22-8-5-18(6-9-22)4-3-15-20-21-16(12-25-2)23(15)10-7-18/h11H,3-10,12H2,1-2H3. The molecule has 1 saturated heterocycles. The van der Waals surface area contributed by atoms with Crippen molar-refractivity contribution in [1.82, 2.24) is 24.6 Å². The summed E-state index contributed by atoms with van der Waals surface area (Å²) in [5.74, 6) is 2.48. The third-order valence-corrected chi connectivity index (χ3v) is 5.87. The van der Waals surface area contributed by atoms with Gasteiger partial charge in [0.2, 0.25) is 0 Å². The molecule has 0 aliphatic carbocycles. The number of hydrogen-bond donors (Lipinski definition) is 0. The van der Waals surface area contributed by atoms with Crippen molar-refractivity contribution in [3.05, 3.63) is 29.5 Å². The van der Waals surface area contributed by atoms with E-state index in [9.17, 15) is 4.79 Å². The SMILES string of the molecule is COCc1nnc2n1CCC1(CC2)CCN(C(=O)c2coc(C)n2)CC1. The van der Waals surface area contributed by atoms with Gasteiger partial charge in [0, 0.05) is 40.1 Å². The molecule has 0 radical (unpaired) electrons. The maximum Gasteiger partial charge on any atom is 0.275 e. The molecule has 1 amide bonds. The average molecular weight is 359 g/mol. The lowest BCUT2D eigenvalue weighted by Gasteiger charge is -2.41. The predicted octanol–water partition coefficient (Wildman–Crippen LogP) is 1.98. The van der Waals surface area contributed by atoms with E-state index in [-0.39, 0.29) is 11.3 Å². The number of rotatable bonds is 3. The number of likely N-dealkylation sites (tertiary alicyclic amines) is 1. The minimum absolute atomic E-state index is 0.0233. The van der Waals surface area contributed by atoms with Crippen LogP contribution in [0.2, 0.25) is 0 Å². The Hall–Kier alpha value is -2.22. The average Bonchev–Trinajstić information content (AvgIpc) is 3.20. The summed E-state index contributed by atoms with van der Waals surface area (Å²) in [5, 5.41) is 8.60. The van der Waals surface area contributed by atoms with E-state index in [2.05, 4.69) is 19.7 Å². The van der Waals surface area contributed by atoms with E-state index in [1.165, 1.54) is 6.26 Å². The van der Waals surface area contributed by atoms with Gasteiger partial charge in [0.25, 0.3) is 5.91 Å². The molecule has 0 aromatic carbocycles. The Morgan fingerprint density at radius 2 is 2.00 bits per heavy atom. The molecular formula is C18H25N5O3. The number of fused-ring (bicyclic) bond motifs is 1. The van der Waals surface area contributed by atoms with Crippen LogP contribution in [-0.2, 0) is 24.3 Å². The summed E-state index contributed by atoms with van der Waals surface area (Å²) in [5.41, 5.74) is 0.691. The monoisotopic (exact) mass is 359 g/mol. The maximum atomic E-state index is 12.6. The highest BCUT2D eigenvalue weighted by molar-refractivity contribution is 5.92. The van der Waals surface area contributed by atoms with E-state index in [4.69, 9.17) is 9.15 Å². The highest BCUT2D eigenvalue weighted by atomic mass is 16.5. The lowest BCUT2D eigenvalue weighted by Crippen LogP contribution is -2.43. The molecule has 2 aromatic rings. The minimum atomic E-state index is -0.0233. The quantitative estimate of drug-likeness (QED) is 0.833. The number of carbonyl (C=O) groups is 1. The summed E-state index contributed by atoms with van der Waals surface area (Å²) >= 11 is 0. The van der Waals surface area contributed by atoms with E-state index in [0.717, 1.165) is 63.4 Å². The number of oxazole rings is 1. The molecule has 4 rings (SSSR count). The first-order chi connectivity index (χ1) is 12.6. The van der Waals surface area contributed by atoms with Gasteiger partial charge in [0.15, 0.2) is 17.4 Å². The van der Waals surface area contributed by atoms with E-state index in [1.807, 2.05) is 4.90 Å². The van der Waals surface area contributed by atoms with Gasteiger partial charge >= 0.3 is 0 Å². The number of hydrogen-bond acceptors (Lipinski definition) is 6. The molecule has 140 valence electrons. The minimum Gasteiger partial charge on any atom is -0.448 e. The molecule has 0 saturated carbocycles. The fraction of sp³-hybridized carbons (Fsp3) is 0.667. The van der Waals surface area contributed by atoms with Gasteiger partial charge < -0.3 is 18.6 Å². The summed E-state index contributed by atoms with van der Waals surface area (Å²) < 4.78 is 12.6. The van der Waals surface area contributed by atoms with E-state index >= 15 is 0 Å². The first kappa shape index (κ1) is 17.2. The van der Waals surface area contributed by atoms with E-state index in [0.29, 0.717) is 18.2 Å². The molecule has 2 aliphatic rings. The number of methoxy groups -OCH3 is 1. The smallest absolute Gasteiger partial charge is 0.275 e. The van der Waals surface area contributed by atoms with Crippen molar-refractivity contribution in [2.45, 2.75) is 52.2 Å². The Bertz CT molecular complexity index is 789. The van der Waals surface area contributed by atoms with E-state index < -0.39 is 0 Å². The van der Waals surface area contributed by atoms with Crippen LogP contribution >= 0.6 is 0 Å². The Balaban J connectivity index is 1.40. The van der Waals surface area contributed by atoms with Crippen molar-refractivity contribution in [3.63, 3.8) is 0 Å². The summed E-state index contributed by atoms with van der Waals surface area (Å²) in [6.07, 6.45) is 6.63. The predicted molar refractivity (Wildman–Crippen MR) is 92.5 cm³/mol. The molecule has 8 nitrogen and oxygen atoms in total. The number of piperidine rings is 1. The topological polar surface area (TPSA) is 86.3 Å². The highest BCUT2D eigenvalue weighted by Crippen LogP contribution is 2.41. The van der Waals surface area contributed by atoms with Crippen LogP contribution in [-0.4, -0.2) is 50.8 Å². The largest absolute Gasteiger partial charge is 0.448 e. The molecule has 0 N–H and O–H groups in total. The molecule has 0 unspecified atom stereocenters. The first-order valence-electron chi connectivity index (χ1n) is 9.21. The van der Waals surface area contributed by atoms with Crippen molar-refractivity contribution >= 4 is 5.91 Å². The Kier molecular flexibility index (Phi) is 4.52. The van der Waals surface area contributed by atoms with Gasteiger partial charge in [0.05, 0.1) is 0 Å².